The highest BCUT2D eigenvalue weighted by atomic mass is 19.1. The van der Waals surface area contributed by atoms with Gasteiger partial charge in [-0.2, -0.15) is 0 Å². The third kappa shape index (κ3) is 3.20. The van der Waals surface area contributed by atoms with Crippen LogP contribution in [-0.4, -0.2) is 27.6 Å². The number of fused-ring (bicyclic) bond motifs is 1. The van der Waals surface area contributed by atoms with E-state index in [1.165, 1.54) is 18.3 Å². The van der Waals surface area contributed by atoms with Gasteiger partial charge in [-0.05, 0) is 48.5 Å². The van der Waals surface area contributed by atoms with Crippen LogP contribution in [0.5, 0.6) is 5.75 Å². The number of methoxy groups -OCH3 is 1. The number of halogens is 1. The molecule has 0 fully saturated rings. The number of nitrogens with one attached hydrogen (secondary N) is 1. The quantitative estimate of drug-likeness (QED) is 0.585. The molecule has 4 aromatic rings. The van der Waals surface area contributed by atoms with Gasteiger partial charge in [0.25, 0.3) is 5.91 Å². The Kier molecular flexibility index (Phi) is 4.32. The van der Waals surface area contributed by atoms with E-state index in [9.17, 15) is 14.0 Å². The monoisotopic (exact) mass is 380 g/mol. The average molecular weight is 380 g/mol. The molecule has 0 spiro atoms. The topological polar surface area (TPSA) is 98.7 Å². The highest BCUT2D eigenvalue weighted by Gasteiger charge is 2.15. The molecule has 0 aliphatic rings. The summed E-state index contributed by atoms with van der Waals surface area (Å²) in [5.74, 6) is -0.197. The maximum atomic E-state index is 13.0. The van der Waals surface area contributed by atoms with Crippen LogP contribution >= 0.6 is 0 Å². The summed E-state index contributed by atoms with van der Waals surface area (Å²) in [5, 5.41) is 6.57. The van der Waals surface area contributed by atoms with Crippen molar-refractivity contribution >= 4 is 17.4 Å². The fraction of sp³-hybridized carbons (Fsp3) is 0.0526. The lowest BCUT2D eigenvalue weighted by atomic mass is 10.2. The largest absolute Gasteiger partial charge is 0.497 e. The second-order valence-electron chi connectivity index (χ2n) is 5.77. The third-order valence-corrected chi connectivity index (χ3v) is 3.98. The maximum absolute atomic E-state index is 13.0. The van der Waals surface area contributed by atoms with Gasteiger partial charge in [-0.3, -0.25) is 9.59 Å². The van der Waals surface area contributed by atoms with E-state index in [1.807, 2.05) is 0 Å². The van der Waals surface area contributed by atoms with Gasteiger partial charge in [-0.1, -0.05) is 0 Å². The Morgan fingerprint density at radius 3 is 2.54 bits per heavy atom. The van der Waals surface area contributed by atoms with Crippen molar-refractivity contribution in [2.24, 2.45) is 0 Å². The molecule has 0 unspecified atom stereocenters. The molecule has 0 atom stereocenters. The van der Waals surface area contributed by atoms with Gasteiger partial charge in [0, 0.05) is 11.1 Å². The minimum atomic E-state index is -0.607. The van der Waals surface area contributed by atoms with Crippen LogP contribution in [0.3, 0.4) is 0 Å². The number of ether oxygens (including phenoxy) is 1. The maximum Gasteiger partial charge on any atom is 0.328 e. The standard InChI is InChI=1S/C19H13FN4O4/c1-27-14-8-4-12(5-9-14)17-23-24-18(26)15(10-21-19(24)28-17)22-16(25)11-2-6-13(20)7-3-11/h2-10H,1H3,(H,22,25). The molecule has 28 heavy (non-hydrogen) atoms. The molecule has 1 N–H and O–H groups in total. The summed E-state index contributed by atoms with van der Waals surface area (Å²) in [7, 11) is 1.56. The van der Waals surface area contributed by atoms with Gasteiger partial charge in [0.1, 0.15) is 17.3 Å². The zero-order valence-corrected chi connectivity index (χ0v) is 14.5. The molecule has 0 bridgehead atoms. The number of carbonyl (C=O) groups is 1. The van der Waals surface area contributed by atoms with Crippen molar-refractivity contribution in [2.45, 2.75) is 0 Å². The molecule has 0 saturated heterocycles. The van der Waals surface area contributed by atoms with Crippen molar-refractivity contribution in [1.82, 2.24) is 14.6 Å². The van der Waals surface area contributed by atoms with Crippen LogP contribution in [0.25, 0.3) is 17.3 Å². The lowest BCUT2D eigenvalue weighted by Gasteiger charge is -2.03. The van der Waals surface area contributed by atoms with Gasteiger partial charge in [-0.25, -0.2) is 9.37 Å². The molecule has 2 aromatic carbocycles. The fourth-order valence-corrected chi connectivity index (χ4v) is 2.52. The first-order chi connectivity index (χ1) is 13.5. The van der Waals surface area contributed by atoms with Gasteiger partial charge in [0.05, 0.1) is 13.3 Å². The molecule has 2 heterocycles. The van der Waals surface area contributed by atoms with Crippen LogP contribution in [0.2, 0.25) is 0 Å². The van der Waals surface area contributed by atoms with E-state index in [4.69, 9.17) is 9.15 Å². The smallest absolute Gasteiger partial charge is 0.328 e. The molecule has 4 rings (SSSR count). The molecule has 9 heteroatoms. The van der Waals surface area contributed by atoms with E-state index in [1.54, 1.807) is 31.4 Å². The Balaban J connectivity index is 1.65. The first kappa shape index (κ1) is 17.4. The normalized spacial score (nSPS) is 10.8. The molecule has 0 aliphatic heterocycles. The van der Waals surface area contributed by atoms with E-state index in [0.717, 1.165) is 16.6 Å². The number of nitrogens with zero attached hydrogens (tertiary/aromatic N) is 3. The molecule has 1 amide bonds. The van der Waals surface area contributed by atoms with Crippen LogP contribution in [0.1, 0.15) is 10.4 Å². The lowest BCUT2D eigenvalue weighted by Crippen LogP contribution is -2.23. The second-order valence-corrected chi connectivity index (χ2v) is 5.77. The molecule has 8 nitrogen and oxygen atoms in total. The van der Waals surface area contributed by atoms with Crippen LogP contribution < -0.4 is 15.6 Å². The summed E-state index contributed by atoms with van der Waals surface area (Å²) in [6.07, 6.45) is 1.18. The molecular weight excluding hydrogens is 367 g/mol. The molecule has 140 valence electrons. The lowest BCUT2D eigenvalue weighted by molar-refractivity contribution is 0.102. The van der Waals surface area contributed by atoms with Gasteiger partial charge in [0.2, 0.25) is 5.89 Å². The molecule has 0 radical (unpaired) electrons. The highest BCUT2D eigenvalue weighted by molar-refractivity contribution is 6.04. The molecule has 2 aromatic heterocycles. The SMILES string of the molecule is COc1ccc(-c2nn3c(=O)c(NC(=O)c4ccc(F)cc4)cnc3o2)cc1. The predicted octanol–water partition coefficient (Wildman–Crippen LogP) is 2.75. The molecular formula is C19H13FN4O4. The summed E-state index contributed by atoms with van der Waals surface area (Å²) in [4.78, 5) is 28.9. The summed E-state index contributed by atoms with van der Waals surface area (Å²) >= 11 is 0. The number of aromatic nitrogens is 3. The van der Waals surface area contributed by atoms with Crippen LogP contribution in [0.4, 0.5) is 10.1 Å². The van der Waals surface area contributed by atoms with Crippen molar-refractivity contribution in [1.29, 1.82) is 0 Å². The van der Waals surface area contributed by atoms with E-state index in [-0.39, 0.29) is 23.0 Å². The Morgan fingerprint density at radius 1 is 1.14 bits per heavy atom. The van der Waals surface area contributed by atoms with Crippen molar-refractivity contribution in [2.75, 3.05) is 12.4 Å². The van der Waals surface area contributed by atoms with Crippen molar-refractivity contribution in [3.63, 3.8) is 0 Å². The van der Waals surface area contributed by atoms with Crippen molar-refractivity contribution in [3.05, 3.63) is 76.5 Å². The average Bonchev–Trinajstić information content (AvgIpc) is 3.16. The van der Waals surface area contributed by atoms with Crippen LogP contribution in [-0.2, 0) is 0 Å². The first-order valence-corrected chi connectivity index (χ1v) is 8.15. The van der Waals surface area contributed by atoms with E-state index in [0.29, 0.717) is 11.3 Å². The van der Waals surface area contributed by atoms with Gasteiger partial charge in [0.15, 0.2) is 0 Å². The number of carbonyl (C=O) groups excluding carboxylic acids is 1. The number of hydrogen-bond acceptors (Lipinski definition) is 6. The van der Waals surface area contributed by atoms with Crippen molar-refractivity contribution in [3.8, 4) is 17.2 Å². The summed E-state index contributed by atoms with van der Waals surface area (Å²) in [6, 6.07) is 11.9. The minimum Gasteiger partial charge on any atom is -0.497 e. The summed E-state index contributed by atoms with van der Waals surface area (Å²) in [5.41, 5.74) is 0.137. The van der Waals surface area contributed by atoms with E-state index >= 15 is 0 Å². The predicted molar refractivity (Wildman–Crippen MR) is 97.9 cm³/mol. The van der Waals surface area contributed by atoms with Gasteiger partial charge < -0.3 is 14.5 Å². The minimum absolute atomic E-state index is 0.0180. The number of rotatable bonds is 4. The fourth-order valence-electron chi connectivity index (χ4n) is 2.52. The van der Waals surface area contributed by atoms with Crippen LogP contribution in [0.15, 0.2) is 63.9 Å². The van der Waals surface area contributed by atoms with Crippen molar-refractivity contribution < 1.29 is 18.3 Å². The van der Waals surface area contributed by atoms with E-state index < -0.39 is 17.3 Å². The van der Waals surface area contributed by atoms with E-state index in [2.05, 4.69) is 15.4 Å². The number of hydrogen-bond donors (Lipinski definition) is 1. The first-order valence-electron chi connectivity index (χ1n) is 8.15. The highest BCUT2D eigenvalue weighted by Crippen LogP contribution is 2.21. The zero-order chi connectivity index (χ0) is 19.7. The Labute approximate surface area is 157 Å². The third-order valence-electron chi connectivity index (χ3n) is 3.98. The molecule has 0 saturated carbocycles. The Bertz CT molecular complexity index is 1210. The zero-order valence-electron chi connectivity index (χ0n) is 14.5. The molecule has 0 aliphatic carbocycles. The Hall–Kier alpha value is -4.01. The Morgan fingerprint density at radius 2 is 1.86 bits per heavy atom. The number of anilines is 1. The number of benzene rings is 2. The van der Waals surface area contributed by atoms with Gasteiger partial charge in [-0.15, -0.1) is 9.61 Å². The second kappa shape index (κ2) is 6.95. The van der Waals surface area contributed by atoms with Crippen LogP contribution in [0, 0.1) is 5.82 Å². The summed E-state index contributed by atoms with van der Waals surface area (Å²) < 4.78 is 24.5. The summed E-state index contributed by atoms with van der Waals surface area (Å²) in [6.45, 7) is 0. The van der Waals surface area contributed by atoms with Gasteiger partial charge >= 0.3 is 11.4 Å². The number of amides is 1.